The molecule has 0 saturated carbocycles. The maximum atomic E-state index is 11.0. The highest BCUT2D eigenvalue weighted by atomic mass is 35.5. The molecule has 0 bridgehead atoms. The molecule has 2 rings (SSSR count). The molecule has 0 amide bonds. The Labute approximate surface area is 88.4 Å². The molecule has 0 heterocycles. The summed E-state index contributed by atoms with van der Waals surface area (Å²) in [5, 5.41) is 0.757. The summed E-state index contributed by atoms with van der Waals surface area (Å²) in [6.07, 6.45) is 4.20. The van der Waals surface area contributed by atoms with Crippen molar-refractivity contribution >= 4 is 17.4 Å². The first-order chi connectivity index (χ1) is 6.74. The molecule has 0 radical (unpaired) electrons. The number of allylic oxidation sites excluding steroid dienone is 2. The topological polar surface area (TPSA) is 17.1 Å². The van der Waals surface area contributed by atoms with E-state index in [4.69, 9.17) is 11.6 Å². The fraction of sp³-hybridized carbons (Fsp3) is 0.250. The Balaban J connectivity index is 2.11. The molecule has 1 nitrogen and oxygen atoms in total. The van der Waals surface area contributed by atoms with Gasteiger partial charge in [0.05, 0.1) is 0 Å². The first-order valence-electron chi connectivity index (χ1n) is 4.71. The van der Waals surface area contributed by atoms with Crippen molar-refractivity contribution in [1.82, 2.24) is 0 Å². The van der Waals surface area contributed by atoms with Gasteiger partial charge in [0.2, 0.25) is 0 Å². The minimum absolute atomic E-state index is 0.252. The second-order valence-corrected chi connectivity index (χ2v) is 4.01. The van der Waals surface area contributed by atoms with Crippen LogP contribution in [0.4, 0.5) is 0 Å². The van der Waals surface area contributed by atoms with Gasteiger partial charge in [0.15, 0.2) is 5.78 Å². The first-order valence-corrected chi connectivity index (χ1v) is 5.08. The Kier molecular flexibility index (Phi) is 2.69. The van der Waals surface area contributed by atoms with Crippen LogP contribution < -0.4 is 0 Å². The van der Waals surface area contributed by atoms with Gasteiger partial charge in [0.25, 0.3) is 0 Å². The van der Waals surface area contributed by atoms with Crippen LogP contribution >= 0.6 is 11.6 Å². The van der Waals surface area contributed by atoms with Gasteiger partial charge >= 0.3 is 0 Å². The third kappa shape index (κ3) is 2.24. The lowest BCUT2D eigenvalue weighted by Crippen LogP contribution is -1.87. The summed E-state index contributed by atoms with van der Waals surface area (Å²) in [4.78, 5) is 11.0. The van der Waals surface area contributed by atoms with E-state index in [1.54, 1.807) is 6.08 Å². The van der Waals surface area contributed by atoms with E-state index in [0.29, 0.717) is 6.42 Å². The molecule has 0 spiro atoms. The van der Waals surface area contributed by atoms with Gasteiger partial charge in [0.1, 0.15) is 0 Å². The van der Waals surface area contributed by atoms with Crippen LogP contribution in [0.1, 0.15) is 18.4 Å². The number of carbonyl (C=O) groups is 1. The van der Waals surface area contributed by atoms with Crippen molar-refractivity contribution in [3.8, 4) is 0 Å². The van der Waals surface area contributed by atoms with Crippen molar-refractivity contribution < 1.29 is 4.79 Å². The Morgan fingerprint density at radius 2 is 2.14 bits per heavy atom. The number of hydrogen-bond acceptors (Lipinski definition) is 1. The van der Waals surface area contributed by atoms with Crippen LogP contribution in [0.25, 0.3) is 0 Å². The molecule has 0 saturated heterocycles. The molecule has 0 N–H and O–H groups in total. The van der Waals surface area contributed by atoms with E-state index in [0.717, 1.165) is 17.9 Å². The third-order valence-corrected chi connectivity index (χ3v) is 2.61. The van der Waals surface area contributed by atoms with Gasteiger partial charge in [-0.15, -0.1) is 0 Å². The van der Waals surface area contributed by atoms with Gasteiger partial charge in [-0.05, 0) is 36.6 Å². The lowest BCUT2D eigenvalue weighted by molar-refractivity contribution is -0.114. The van der Waals surface area contributed by atoms with E-state index in [1.807, 2.05) is 24.3 Å². The molecular formula is C12H11ClO. The highest BCUT2D eigenvalue weighted by Crippen LogP contribution is 2.21. The van der Waals surface area contributed by atoms with E-state index >= 15 is 0 Å². The minimum atomic E-state index is 0.252. The molecule has 0 unspecified atom stereocenters. The minimum Gasteiger partial charge on any atom is -0.295 e. The van der Waals surface area contributed by atoms with Crippen LogP contribution in [0.2, 0.25) is 5.02 Å². The lowest BCUT2D eigenvalue weighted by Gasteiger charge is -2.01. The first kappa shape index (κ1) is 9.47. The average Bonchev–Trinajstić information content (AvgIpc) is 2.51. The lowest BCUT2D eigenvalue weighted by atomic mass is 10.1. The molecule has 1 aromatic carbocycles. The monoisotopic (exact) mass is 206 g/mol. The van der Waals surface area contributed by atoms with Crippen LogP contribution in [0.15, 0.2) is 35.9 Å². The number of hydrogen-bond donors (Lipinski definition) is 0. The molecule has 1 aliphatic rings. The second kappa shape index (κ2) is 3.97. The summed E-state index contributed by atoms with van der Waals surface area (Å²) in [5.74, 6) is 0.252. The average molecular weight is 207 g/mol. The predicted octanol–water partition coefficient (Wildman–Crippen LogP) is 3.17. The summed E-state index contributed by atoms with van der Waals surface area (Å²) in [5.41, 5.74) is 2.40. The highest BCUT2D eigenvalue weighted by Gasteiger charge is 2.11. The van der Waals surface area contributed by atoms with Gasteiger partial charge < -0.3 is 0 Å². The van der Waals surface area contributed by atoms with Crippen LogP contribution in [0, 0.1) is 0 Å². The number of ketones is 1. The fourth-order valence-corrected chi connectivity index (χ4v) is 1.92. The second-order valence-electron chi connectivity index (χ2n) is 3.58. The number of benzene rings is 1. The summed E-state index contributed by atoms with van der Waals surface area (Å²) in [6.45, 7) is 0. The number of rotatable bonds is 2. The summed E-state index contributed by atoms with van der Waals surface area (Å²) in [6, 6.07) is 7.79. The van der Waals surface area contributed by atoms with Crippen LogP contribution in [-0.2, 0) is 11.2 Å². The molecule has 0 fully saturated rings. The summed E-state index contributed by atoms with van der Waals surface area (Å²) < 4.78 is 0. The molecule has 1 aliphatic carbocycles. The van der Waals surface area contributed by atoms with Crippen molar-refractivity contribution in [2.45, 2.75) is 19.3 Å². The Hall–Kier alpha value is -1.08. The zero-order valence-electron chi connectivity index (χ0n) is 7.79. The summed E-state index contributed by atoms with van der Waals surface area (Å²) >= 11 is 5.87. The van der Waals surface area contributed by atoms with Gasteiger partial charge in [-0.3, -0.25) is 4.79 Å². The summed E-state index contributed by atoms with van der Waals surface area (Å²) in [7, 11) is 0. The maximum absolute atomic E-state index is 11.0. The van der Waals surface area contributed by atoms with Crippen LogP contribution in [0.3, 0.4) is 0 Å². The molecule has 14 heavy (non-hydrogen) atoms. The van der Waals surface area contributed by atoms with Crippen LogP contribution in [0.5, 0.6) is 0 Å². The van der Waals surface area contributed by atoms with Crippen molar-refractivity contribution in [3.05, 3.63) is 46.5 Å². The number of halogens is 1. The van der Waals surface area contributed by atoms with Gasteiger partial charge in [-0.25, -0.2) is 0 Å². The van der Waals surface area contributed by atoms with Gasteiger partial charge in [0, 0.05) is 11.4 Å². The normalized spacial score (nSPS) is 15.8. The molecule has 0 aromatic heterocycles. The third-order valence-electron chi connectivity index (χ3n) is 2.38. The zero-order valence-corrected chi connectivity index (χ0v) is 8.55. The van der Waals surface area contributed by atoms with E-state index < -0.39 is 0 Å². The van der Waals surface area contributed by atoms with Crippen LogP contribution in [-0.4, -0.2) is 5.78 Å². The highest BCUT2D eigenvalue weighted by molar-refractivity contribution is 6.30. The molecule has 0 aliphatic heterocycles. The Bertz CT molecular complexity index is 393. The molecular weight excluding hydrogens is 196 g/mol. The molecule has 0 atom stereocenters. The van der Waals surface area contributed by atoms with E-state index in [1.165, 1.54) is 11.1 Å². The maximum Gasteiger partial charge on any atom is 0.155 e. The standard InChI is InChI=1S/C12H11ClO/c13-11-3-1-2-9(7-11)6-10-4-5-12(14)8-10/h1-3,7-8H,4-6H2. The van der Waals surface area contributed by atoms with Crippen molar-refractivity contribution in [1.29, 1.82) is 0 Å². The SMILES string of the molecule is O=C1C=C(Cc2cccc(Cl)c2)CC1. The predicted molar refractivity (Wildman–Crippen MR) is 57.5 cm³/mol. The van der Waals surface area contributed by atoms with Crippen molar-refractivity contribution in [2.24, 2.45) is 0 Å². The quantitative estimate of drug-likeness (QED) is 0.727. The Morgan fingerprint density at radius 3 is 2.79 bits per heavy atom. The zero-order chi connectivity index (χ0) is 9.97. The van der Waals surface area contributed by atoms with E-state index in [2.05, 4.69) is 0 Å². The van der Waals surface area contributed by atoms with Gasteiger partial charge in [-0.1, -0.05) is 29.3 Å². The molecule has 2 heteroatoms. The fourth-order valence-electron chi connectivity index (χ4n) is 1.70. The Morgan fingerprint density at radius 1 is 1.29 bits per heavy atom. The molecule has 72 valence electrons. The van der Waals surface area contributed by atoms with Crippen molar-refractivity contribution in [2.75, 3.05) is 0 Å². The van der Waals surface area contributed by atoms with E-state index in [-0.39, 0.29) is 5.78 Å². The largest absolute Gasteiger partial charge is 0.295 e. The smallest absolute Gasteiger partial charge is 0.155 e. The number of carbonyl (C=O) groups excluding carboxylic acids is 1. The van der Waals surface area contributed by atoms with E-state index in [9.17, 15) is 4.79 Å². The molecule has 1 aromatic rings. The van der Waals surface area contributed by atoms with Crippen molar-refractivity contribution in [3.63, 3.8) is 0 Å². The van der Waals surface area contributed by atoms with Gasteiger partial charge in [-0.2, -0.15) is 0 Å².